The zero-order chi connectivity index (χ0) is 28.1. The van der Waals surface area contributed by atoms with Gasteiger partial charge in [-0.15, -0.1) is 0 Å². The van der Waals surface area contributed by atoms with E-state index in [4.69, 9.17) is 0 Å². The molecule has 0 radical (unpaired) electrons. The smallest absolute Gasteiger partial charge is 0.0411 e. The molecule has 3 aromatic carbocycles. The van der Waals surface area contributed by atoms with Gasteiger partial charge in [0.25, 0.3) is 0 Å². The average Bonchev–Trinajstić information content (AvgIpc) is 3.06. The fourth-order valence-electron chi connectivity index (χ4n) is 4.85. The average molecular weight is 532 g/mol. The molecule has 192 valence electrons. The van der Waals surface area contributed by atoms with Crippen LogP contribution in [0.5, 0.6) is 0 Å². The van der Waals surface area contributed by atoms with Gasteiger partial charge in [0, 0.05) is 70.6 Å². The molecular weight excluding hydrogens is 510 g/mol. The second-order valence-electron chi connectivity index (χ2n) is 9.74. The lowest BCUT2D eigenvalue weighted by molar-refractivity contribution is 1.33. The van der Waals surface area contributed by atoms with Crippen LogP contribution in [-0.2, 0) is 0 Å². The molecule has 0 N–H and O–H groups in total. The lowest BCUT2D eigenvalue weighted by Crippen LogP contribution is -1.92. The van der Waals surface area contributed by atoms with E-state index >= 15 is 0 Å². The van der Waals surface area contributed by atoms with E-state index in [2.05, 4.69) is 86.9 Å². The van der Waals surface area contributed by atoms with Gasteiger partial charge in [-0.2, -0.15) is 0 Å². The third-order valence-corrected chi connectivity index (χ3v) is 7.10. The molecule has 7 rings (SSSR count). The minimum atomic E-state index is 0.859. The fraction of sp³-hybridized carbons (Fsp3) is 0. The Morgan fingerprint density at radius 3 is 0.810 bits per heavy atom. The van der Waals surface area contributed by atoms with Crippen LogP contribution in [0, 0.1) is 35.5 Å². The van der Waals surface area contributed by atoms with E-state index in [0.29, 0.717) is 0 Å². The minimum absolute atomic E-state index is 0.859. The predicted molar refractivity (Wildman–Crippen MR) is 167 cm³/mol. The topological polar surface area (TPSA) is 38.7 Å². The molecule has 3 aromatic heterocycles. The van der Waals surface area contributed by atoms with Crippen molar-refractivity contribution in [2.45, 2.75) is 0 Å². The van der Waals surface area contributed by atoms with Crippen LogP contribution in [0.4, 0.5) is 0 Å². The summed E-state index contributed by atoms with van der Waals surface area (Å²) >= 11 is 0. The number of fused-ring (bicyclic) bond motifs is 3. The van der Waals surface area contributed by atoms with Crippen molar-refractivity contribution in [3.8, 4) is 68.9 Å². The first-order chi connectivity index (χ1) is 20.8. The van der Waals surface area contributed by atoms with Crippen molar-refractivity contribution in [3.63, 3.8) is 0 Å². The molecule has 0 aliphatic heterocycles. The quantitative estimate of drug-likeness (QED) is 0.223. The molecule has 3 heterocycles. The van der Waals surface area contributed by atoms with Crippen LogP contribution >= 0.6 is 0 Å². The van der Waals surface area contributed by atoms with Crippen molar-refractivity contribution in [3.05, 3.63) is 162 Å². The maximum Gasteiger partial charge on any atom is 0.0411 e. The molecule has 0 saturated heterocycles. The van der Waals surface area contributed by atoms with Gasteiger partial charge in [0.05, 0.1) is 0 Å². The van der Waals surface area contributed by atoms with Crippen LogP contribution in [0.25, 0.3) is 33.4 Å². The molecule has 0 spiro atoms. The van der Waals surface area contributed by atoms with Crippen LogP contribution in [0.15, 0.2) is 128 Å². The van der Waals surface area contributed by atoms with E-state index < -0.39 is 0 Å². The number of benzene rings is 3. The van der Waals surface area contributed by atoms with Crippen molar-refractivity contribution in [2.75, 3.05) is 0 Å². The number of aromatic nitrogens is 3. The summed E-state index contributed by atoms with van der Waals surface area (Å²) in [5, 5.41) is 0. The molecule has 0 bridgehead atoms. The second kappa shape index (κ2) is 11.1. The van der Waals surface area contributed by atoms with Gasteiger partial charge in [-0.3, -0.25) is 15.0 Å². The molecule has 0 saturated carbocycles. The summed E-state index contributed by atoms with van der Waals surface area (Å²) in [7, 11) is 0. The lowest BCUT2D eigenvalue weighted by atomic mass is 9.96. The summed E-state index contributed by atoms with van der Waals surface area (Å²) < 4.78 is 0. The molecule has 0 amide bonds. The number of rotatable bonds is 3. The molecular formula is C39H21N3. The van der Waals surface area contributed by atoms with Gasteiger partial charge in [0.15, 0.2) is 0 Å². The third kappa shape index (κ3) is 5.17. The van der Waals surface area contributed by atoms with Gasteiger partial charge in [-0.25, -0.2) is 0 Å². The van der Waals surface area contributed by atoms with Crippen molar-refractivity contribution in [2.24, 2.45) is 0 Å². The Labute approximate surface area is 245 Å². The SMILES string of the molecule is C1#Cc2ccc(-c3ccncc3)cc2C#Cc2cc(-c3ccncc3)ccc2C#Cc2cc(-c3ccncc3)ccc21. The van der Waals surface area contributed by atoms with E-state index in [1.165, 1.54) is 0 Å². The van der Waals surface area contributed by atoms with Gasteiger partial charge in [-0.05, 0) is 106 Å². The first-order valence-corrected chi connectivity index (χ1v) is 13.5. The van der Waals surface area contributed by atoms with Crippen molar-refractivity contribution in [1.82, 2.24) is 15.0 Å². The largest absolute Gasteiger partial charge is 0.265 e. The molecule has 0 unspecified atom stereocenters. The monoisotopic (exact) mass is 531 g/mol. The Hall–Kier alpha value is -6.21. The van der Waals surface area contributed by atoms with Gasteiger partial charge < -0.3 is 0 Å². The molecule has 1 aliphatic carbocycles. The summed E-state index contributed by atoms with van der Waals surface area (Å²) in [4.78, 5) is 12.5. The highest BCUT2D eigenvalue weighted by molar-refractivity contribution is 5.73. The lowest BCUT2D eigenvalue weighted by Gasteiger charge is -2.07. The summed E-state index contributed by atoms with van der Waals surface area (Å²) in [5.41, 5.74) is 11.6. The van der Waals surface area contributed by atoms with E-state index in [1.54, 1.807) is 37.2 Å². The Bertz CT molecular complexity index is 2130. The number of hydrogen-bond acceptors (Lipinski definition) is 3. The van der Waals surface area contributed by atoms with E-state index in [-0.39, 0.29) is 0 Å². The van der Waals surface area contributed by atoms with Crippen LogP contribution in [-0.4, -0.2) is 15.0 Å². The van der Waals surface area contributed by atoms with Crippen LogP contribution < -0.4 is 0 Å². The number of nitrogens with zero attached hydrogens (tertiary/aromatic N) is 3. The van der Waals surface area contributed by atoms with Crippen LogP contribution in [0.2, 0.25) is 0 Å². The Balaban J connectivity index is 1.44. The predicted octanol–water partition coefficient (Wildman–Crippen LogP) is 7.39. The molecule has 3 heteroatoms. The molecule has 1 aliphatic rings. The van der Waals surface area contributed by atoms with E-state index in [9.17, 15) is 0 Å². The van der Waals surface area contributed by atoms with Crippen molar-refractivity contribution >= 4 is 0 Å². The van der Waals surface area contributed by atoms with E-state index in [1.807, 2.05) is 54.6 Å². The van der Waals surface area contributed by atoms with Gasteiger partial charge >= 0.3 is 0 Å². The highest BCUT2D eigenvalue weighted by atomic mass is 14.6. The highest BCUT2D eigenvalue weighted by Gasteiger charge is 2.08. The molecule has 0 fully saturated rings. The van der Waals surface area contributed by atoms with Gasteiger partial charge in [0.1, 0.15) is 0 Å². The first-order valence-electron chi connectivity index (χ1n) is 13.5. The van der Waals surface area contributed by atoms with Crippen LogP contribution in [0.1, 0.15) is 33.4 Å². The zero-order valence-corrected chi connectivity index (χ0v) is 22.5. The zero-order valence-electron chi connectivity index (χ0n) is 22.5. The summed E-state index contributed by atoms with van der Waals surface area (Å²) in [6, 6.07) is 30.7. The molecule has 0 atom stereocenters. The van der Waals surface area contributed by atoms with Gasteiger partial charge in [-0.1, -0.05) is 53.7 Å². The Kier molecular flexibility index (Phi) is 6.56. The van der Waals surface area contributed by atoms with Gasteiger partial charge in [0.2, 0.25) is 0 Å². The second-order valence-corrected chi connectivity index (χ2v) is 9.74. The standard InChI is InChI=1S/C39H21N3/c1-2-29-5-9-38(32-15-21-41-22-16-32)26-35(29)11-12-36-27-39(33-17-23-42-24-18-33)10-6-30(36)3-7-34-25-37(8-4-28(1)34)31-13-19-40-20-14-31/h4-6,8-10,13-27H. The van der Waals surface area contributed by atoms with Crippen molar-refractivity contribution in [1.29, 1.82) is 0 Å². The third-order valence-electron chi connectivity index (χ3n) is 7.10. The summed E-state index contributed by atoms with van der Waals surface area (Å²) in [6.07, 6.45) is 10.8. The molecule has 6 aromatic rings. The normalized spacial score (nSPS) is 10.9. The fourth-order valence-corrected chi connectivity index (χ4v) is 4.85. The maximum atomic E-state index is 4.17. The number of hydrogen-bond donors (Lipinski definition) is 0. The number of pyridine rings is 3. The van der Waals surface area contributed by atoms with E-state index in [0.717, 1.165) is 66.8 Å². The molecule has 42 heavy (non-hydrogen) atoms. The highest BCUT2D eigenvalue weighted by Crippen LogP contribution is 2.26. The molecule has 3 nitrogen and oxygen atoms in total. The summed E-state index contributed by atoms with van der Waals surface area (Å²) in [6.45, 7) is 0. The Morgan fingerprint density at radius 1 is 0.262 bits per heavy atom. The van der Waals surface area contributed by atoms with Crippen LogP contribution in [0.3, 0.4) is 0 Å². The summed E-state index contributed by atoms with van der Waals surface area (Å²) in [5.74, 6) is 20.4. The first kappa shape index (κ1) is 24.8. The minimum Gasteiger partial charge on any atom is -0.265 e. The van der Waals surface area contributed by atoms with Crippen molar-refractivity contribution < 1.29 is 0 Å². The Morgan fingerprint density at radius 2 is 0.524 bits per heavy atom. The maximum absolute atomic E-state index is 4.17.